The van der Waals surface area contributed by atoms with Crippen LogP contribution in [-0.4, -0.2) is 20.6 Å². The lowest BCUT2D eigenvalue weighted by atomic mass is 9.95. The lowest BCUT2D eigenvalue weighted by Crippen LogP contribution is -2.22. The van der Waals surface area contributed by atoms with E-state index in [1.165, 1.54) is 12.1 Å². The number of nitrogens with one attached hydrogen (secondary N) is 1. The minimum Gasteiger partial charge on any atom is -0.476 e. The number of aromatic nitrogens is 2. The van der Waals surface area contributed by atoms with Gasteiger partial charge >= 0.3 is 5.97 Å². The number of carboxylic acid groups (broad SMARTS) is 1. The number of benzene rings is 2. The van der Waals surface area contributed by atoms with Gasteiger partial charge in [0.1, 0.15) is 0 Å². The summed E-state index contributed by atoms with van der Waals surface area (Å²) in [6, 6.07) is 10.8. The first-order valence-electron chi connectivity index (χ1n) is 9.37. The Kier molecular flexibility index (Phi) is 6.68. The molecular weight excluding hydrogens is 487 g/mol. The Balaban J connectivity index is 2.31. The van der Waals surface area contributed by atoms with E-state index in [1.54, 1.807) is 28.8 Å². The zero-order valence-electron chi connectivity index (χ0n) is 16.9. The number of imidazole rings is 1. The summed E-state index contributed by atoms with van der Waals surface area (Å²) < 4.78 is 16.8. The fourth-order valence-corrected chi connectivity index (χ4v) is 4.43. The zero-order chi connectivity index (χ0) is 22.9. The Hall–Kier alpha value is -2.89. The van der Waals surface area contributed by atoms with Crippen molar-refractivity contribution in [3.05, 3.63) is 80.0 Å². The molecule has 3 aromatic rings. The Labute approximate surface area is 192 Å². The van der Waals surface area contributed by atoms with E-state index in [0.717, 1.165) is 5.56 Å². The number of rotatable bonds is 6. The van der Waals surface area contributed by atoms with Crippen molar-refractivity contribution in [1.29, 1.82) is 5.26 Å². The highest BCUT2D eigenvalue weighted by Crippen LogP contribution is 2.36. The van der Waals surface area contributed by atoms with Gasteiger partial charge in [-0.3, -0.25) is 0 Å². The molecule has 2 N–H and O–H groups in total. The Morgan fingerprint density at radius 1 is 1.35 bits per heavy atom. The van der Waals surface area contributed by atoms with Crippen LogP contribution < -0.4 is 5.32 Å². The fraction of sp³-hybridized carbons (Fsp3) is 0.227. The summed E-state index contributed by atoms with van der Waals surface area (Å²) in [4.78, 5) is 16.2. The number of aromatic carboxylic acids is 1. The molecule has 0 amide bonds. The summed E-state index contributed by atoms with van der Waals surface area (Å²) in [6.07, 6.45) is 0. The minimum absolute atomic E-state index is 0.0580. The number of nitriles is 1. The third-order valence-corrected chi connectivity index (χ3v) is 5.71. The van der Waals surface area contributed by atoms with Crippen molar-refractivity contribution in [3.8, 4) is 6.07 Å². The molecule has 0 aliphatic heterocycles. The lowest BCUT2D eigenvalue weighted by molar-refractivity contribution is 0.0689. The van der Waals surface area contributed by atoms with Gasteiger partial charge in [-0.05, 0) is 72.1 Å². The van der Waals surface area contributed by atoms with E-state index in [9.17, 15) is 19.6 Å². The summed E-state index contributed by atoms with van der Waals surface area (Å²) in [5.74, 6) is -1.85. The fourth-order valence-electron chi connectivity index (χ4n) is 3.47. The molecule has 1 heterocycles. The molecule has 2 aromatic carbocycles. The maximum absolute atomic E-state index is 14.8. The summed E-state index contributed by atoms with van der Waals surface area (Å²) >= 11 is 9.31. The van der Waals surface area contributed by atoms with Crippen LogP contribution in [0.3, 0.4) is 0 Å². The quantitative estimate of drug-likeness (QED) is 0.422. The first kappa shape index (κ1) is 22.8. The molecule has 6 nitrogen and oxygen atoms in total. The number of nitrogens with zero attached hydrogens (tertiary/aromatic N) is 3. The van der Waals surface area contributed by atoms with E-state index < -0.39 is 17.8 Å². The van der Waals surface area contributed by atoms with E-state index in [4.69, 9.17) is 11.6 Å². The number of halogens is 3. The maximum atomic E-state index is 14.8. The number of hydrogen-bond acceptors (Lipinski definition) is 4. The van der Waals surface area contributed by atoms with Gasteiger partial charge in [-0.25, -0.2) is 14.2 Å². The van der Waals surface area contributed by atoms with Crippen molar-refractivity contribution >= 4 is 39.2 Å². The number of carboxylic acids is 1. The molecule has 1 atom stereocenters. The predicted molar refractivity (Wildman–Crippen MR) is 120 cm³/mol. The molecule has 0 bridgehead atoms. The van der Waals surface area contributed by atoms with Crippen molar-refractivity contribution in [2.75, 3.05) is 5.32 Å². The number of hydrogen-bond donors (Lipinski definition) is 2. The SMILES string of the molecule is Cc1cc(C#N)ccc1C(Nc1cccc(Cl)c1F)c1c(C(=O)O)nc(Br)n1C(C)C. The largest absolute Gasteiger partial charge is 0.476 e. The van der Waals surface area contributed by atoms with Crippen LogP contribution in [0.5, 0.6) is 0 Å². The lowest BCUT2D eigenvalue weighted by Gasteiger charge is -2.26. The third-order valence-electron chi connectivity index (χ3n) is 4.86. The molecule has 0 saturated carbocycles. The van der Waals surface area contributed by atoms with Crippen LogP contribution in [0.1, 0.15) is 58.8 Å². The first-order chi connectivity index (χ1) is 14.6. The van der Waals surface area contributed by atoms with Crippen molar-refractivity contribution in [1.82, 2.24) is 9.55 Å². The van der Waals surface area contributed by atoms with Gasteiger partial charge in [0.15, 0.2) is 16.2 Å². The second-order valence-corrected chi connectivity index (χ2v) is 8.36. The summed E-state index contributed by atoms with van der Waals surface area (Å²) in [7, 11) is 0. The van der Waals surface area contributed by atoms with Crippen LogP contribution in [0.15, 0.2) is 41.1 Å². The molecule has 0 spiro atoms. The van der Waals surface area contributed by atoms with Gasteiger partial charge in [0.05, 0.1) is 34.1 Å². The molecular formula is C22H19BrClFN4O2. The molecule has 160 valence electrons. The summed E-state index contributed by atoms with van der Waals surface area (Å²) in [5, 5.41) is 22.1. The monoisotopic (exact) mass is 504 g/mol. The predicted octanol–water partition coefficient (Wildman–Crippen LogP) is 6.10. The first-order valence-corrected chi connectivity index (χ1v) is 10.5. The average Bonchev–Trinajstić information content (AvgIpc) is 3.07. The number of carbonyl (C=O) groups is 1. The normalized spacial score (nSPS) is 11.9. The summed E-state index contributed by atoms with van der Waals surface area (Å²) in [6.45, 7) is 5.60. The molecule has 0 aliphatic rings. The third kappa shape index (κ3) is 4.43. The van der Waals surface area contributed by atoms with E-state index in [2.05, 4.69) is 32.3 Å². The molecule has 3 rings (SSSR count). The van der Waals surface area contributed by atoms with Gasteiger partial charge in [-0.2, -0.15) is 5.26 Å². The highest BCUT2D eigenvalue weighted by atomic mass is 79.9. The summed E-state index contributed by atoms with van der Waals surface area (Å²) in [5.41, 5.74) is 2.18. The minimum atomic E-state index is -1.21. The molecule has 0 fully saturated rings. The Bertz CT molecular complexity index is 1200. The number of anilines is 1. The van der Waals surface area contributed by atoms with Crippen LogP contribution in [0.4, 0.5) is 10.1 Å². The van der Waals surface area contributed by atoms with Gasteiger partial charge < -0.3 is 15.0 Å². The van der Waals surface area contributed by atoms with Crippen LogP contribution in [-0.2, 0) is 0 Å². The second kappa shape index (κ2) is 9.08. The van der Waals surface area contributed by atoms with E-state index >= 15 is 0 Å². The zero-order valence-corrected chi connectivity index (χ0v) is 19.3. The van der Waals surface area contributed by atoms with E-state index in [1.807, 2.05) is 20.8 Å². The van der Waals surface area contributed by atoms with Gasteiger partial charge in [-0.1, -0.05) is 23.7 Å². The average molecular weight is 506 g/mol. The van der Waals surface area contributed by atoms with Crippen molar-refractivity contribution in [3.63, 3.8) is 0 Å². The van der Waals surface area contributed by atoms with Gasteiger partial charge in [0, 0.05) is 6.04 Å². The topological polar surface area (TPSA) is 90.9 Å². The van der Waals surface area contributed by atoms with Gasteiger partial charge in [-0.15, -0.1) is 0 Å². The highest BCUT2D eigenvalue weighted by molar-refractivity contribution is 9.10. The second-order valence-electron chi connectivity index (χ2n) is 7.25. The van der Waals surface area contributed by atoms with Crippen molar-refractivity contribution < 1.29 is 14.3 Å². The van der Waals surface area contributed by atoms with Crippen LogP contribution in [0, 0.1) is 24.1 Å². The Morgan fingerprint density at radius 2 is 2.06 bits per heavy atom. The molecule has 31 heavy (non-hydrogen) atoms. The van der Waals surface area contributed by atoms with E-state index in [-0.39, 0.29) is 22.4 Å². The molecule has 9 heteroatoms. The molecule has 0 saturated heterocycles. The van der Waals surface area contributed by atoms with Gasteiger partial charge in [0.2, 0.25) is 0 Å². The number of aryl methyl sites for hydroxylation is 1. The molecule has 0 aliphatic carbocycles. The molecule has 1 aromatic heterocycles. The van der Waals surface area contributed by atoms with Crippen LogP contribution >= 0.6 is 27.5 Å². The van der Waals surface area contributed by atoms with Crippen molar-refractivity contribution in [2.45, 2.75) is 32.9 Å². The standard InChI is InChI=1S/C22H19BrClFN4O2/c1-11(2)29-20(19(21(30)31)28-22(29)23)18(14-8-7-13(10-26)9-12(14)3)27-16-6-4-5-15(24)17(16)25/h4-9,11,18,27H,1-3H3,(H,30,31). The molecule has 0 radical (unpaired) electrons. The van der Waals surface area contributed by atoms with Crippen LogP contribution in [0.2, 0.25) is 5.02 Å². The van der Waals surface area contributed by atoms with E-state index in [0.29, 0.717) is 21.6 Å². The van der Waals surface area contributed by atoms with Crippen molar-refractivity contribution in [2.24, 2.45) is 0 Å². The van der Waals surface area contributed by atoms with Crippen LogP contribution in [0.25, 0.3) is 0 Å². The molecule has 1 unspecified atom stereocenters. The smallest absolute Gasteiger partial charge is 0.356 e. The Morgan fingerprint density at radius 3 is 2.65 bits per heavy atom. The van der Waals surface area contributed by atoms with Gasteiger partial charge in [0.25, 0.3) is 0 Å². The highest BCUT2D eigenvalue weighted by Gasteiger charge is 2.31. The maximum Gasteiger partial charge on any atom is 0.356 e.